The van der Waals surface area contributed by atoms with Crippen LogP contribution in [0.15, 0.2) is 23.6 Å². The van der Waals surface area contributed by atoms with Gasteiger partial charge in [0.2, 0.25) is 5.91 Å². The minimum absolute atomic E-state index is 0.160. The predicted molar refractivity (Wildman–Crippen MR) is 103 cm³/mol. The Bertz CT molecular complexity index is 762. The van der Waals surface area contributed by atoms with Gasteiger partial charge in [-0.2, -0.15) is 0 Å². The van der Waals surface area contributed by atoms with Crippen LogP contribution in [0.3, 0.4) is 0 Å². The molecule has 2 aromatic rings. The molecule has 1 N–H and O–H groups in total. The maximum absolute atomic E-state index is 12.5. The van der Waals surface area contributed by atoms with Gasteiger partial charge in [0.15, 0.2) is 11.5 Å². The van der Waals surface area contributed by atoms with Crippen LogP contribution in [0.2, 0.25) is 0 Å². The maximum atomic E-state index is 12.5. The largest absolute Gasteiger partial charge is 0.493 e. The third-order valence-electron chi connectivity index (χ3n) is 4.65. The minimum atomic E-state index is 0.160. The molecule has 7 heteroatoms. The van der Waals surface area contributed by atoms with Gasteiger partial charge in [-0.1, -0.05) is 0 Å². The smallest absolute Gasteiger partial charge is 0.228 e. The molecule has 1 aromatic carbocycles. The monoisotopic (exact) mass is 375 g/mol. The molecule has 0 spiro atoms. The Labute approximate surface area is 158 Å². The zero-order chi connectivity index (χ0) is 18.5. The predicted octanol–water partition coefficient (Wildman–Crippen LogP) is 2.44. The van der Waals surface area contributed by atoms with E-state index in [2.05, 4.69) is 10.3 Å². The zero-order valence-corrected chi connectivity index (χ0v) is 16.3. The Hall–Kier alpha value is -2.12. The fourth-order valence-corrected chi connectivity index (χ4v) is 4.09. The molecule has 0 aliphatic carbocycles. The number of hydrogen-bond acceptors (Lipinski definition) is 6. The highest BCUT2D eigenvalue weighted by molar-refractivity contribution is 7.13. The van der Waals surface area contributed by atoms with Crippen molar-refractivity contribution in [1.29, 1.82) is 0 Å². The van der Waals surface area contributed by atoms with Crippen molar-refractivity contribution < 1.29 is 14.3 Å². The first-order chi connectivity index (χ1) is 12.6. The van der Waals surface area contributed by atoms with Gasteiger partial charge in [-0.15, -0.1) is 11.3 Å². The quantitative estimate of drug-likeness (QED) is 0.805. The van der Waals surface area contributed by atoms with E-state index in [-0.39, 0.29) is 5.91 Å². The van der Waals surface area contributed by atoms with Gasteiger partial charge in [0.25, 0.3) is 0 Å². The lowest BCUT2D eigenvalue weighted by Crippen LogP contribution is -2.31. The van der Waals surface area contributed by atoms with Crippen molar-refractivity contribution >= 4 is 17.2 Å². The van der Waals surface area contributed by atoms with Crippen LogP contribution in [0.25, 0.3) is 10.6 Å². The van der Waals surface area contributed by atoms with E-state index < -0.39 is 0 Å². The Morgan fingerprint density at radius 1 is 1.35 bits per heavy atom. The van der Waals surface area contributed by atoms with E-state index >= 15 is 0 Å². The summed E-state index contributed by atoms with van der Waals surface area (Å²) in [6.45, 7) is 2.65. The summed E-state index contributed by atoms with van der Waals surface area (Å²) in [6.07, 6.45) is 1.43. The number of carbonyl (C=O) groups excluding carboxylic acids is 1. The van der Waals surface area contributed by atoms with Gasteiger partial charge in [0, 0.05) is 24.0 Å². The van der Waals surface area contributed by atoms with E-state index in [9.17, 15) is 4.79 Å². The lowest BCUT2D eigenvalue weighted by atomic mass is 10.1. The zero-order valence-electron chi connectivity index (χ0n) is 15.4. The number of amides is 1. The molecule has 26 heavy (non-hydrogen) atoms. The molecule has 1 aliphatic rings. The van der Waals surface area contributed by atoms with Crippen LogP contribution < -0.4 is 14.8 Å². The van der Waals surface area contributed by atoms with Gasteiger partial charge < -0.3 is 19.7 Å². The van der Waals surface area contributed by atoms with Crippen molar-refractivity contribution in [3.05, 3.63) is 29.3 Å². The van der Waals surface area contributed by atoms with E-state index in [1.54, 1.807) is 25.6 Å². The topological polar surface area (TPSA) is 63.7 Å². The molecule has 1 aromatic heterocycles. The lowest BCUT2D eigenvalue weighted by molar-refractivity contribution is -0.129. The first kappa shape index (κ1) is 18.7. The summed E-state index contributed by atoms with van der Waals surface area (Å²) in [5, 5.41) is 6.03. The highest BCUT2D eigenvalue weighted by Crippen LogP contribution is 2.33. The number of carbonyl (C=O) groups is 1. The SMILES string of the molecule is CNCC1CCN(C(=O)Cc2csc(-c3ccc(OC)c(OC)c3)n2)C1. The van der Waals surface area contributed by atoms with Gasteiger partial charge >= 0.3 is 0 Å². The van der Waals surface area contributed by atoms with E-state index in [4.69, 9.17) is 9.47 Å². The minimum Gasteiger partial charge on any atom is -0.493 e. The highest BCUT2D eigenvalue weighted by Gasteiger charge is 2.26. The molecule has 6 nitrogen and oxygen atoms in total. The summed E-state index contributed by atoms with van der Waals surface area (Å²) in [5.74, 6) is 2.08. The van der Waals surface area contributed by atoms with Crippen molar-refractivity contribution in [2.75, 3.05) is 40.9 Å². The van der Waals surface area contributed by atoms with E-state index in [0.29, 0.717) is 23.8 Å². The third-order valence-corrected chi connectivity index (χ3v) is 5.59. The second kappa shape index (κ2) is 8.51. The summed E-state index contributed by atoms with van der Waals surface area (Å²) in [5.41, 5.74) is 1.78. The second-order valence-corrected chi connectivity index (χ2v) is 7.30. The lowest BCUT2D eigenvalue weighted by Gasteiger charge is -2.15. The molecule has 1 saturated heterocycles. The van der Waals surface area contributed by atoms with Crippen molar-refractivity contribution in [3.63, 3.8) is 0 Å². The Morgan fingerprint density at radius 3 is 2.88 bits per heavy atom. The van der Waals surface area contributed by atoms with E-state index in [1.807, 2.05) is 35.5 Å². The van der Waals surface area contributed by atoms with Crippen LogP contribution in [0.1, 0.15) is 12.1 Å². The van der Waals surface area contributed by atoms with Crippen molar-refractivity contribution in [3.8, 4) is 22.1 Å². The van der Waals surface area contributed by atoms with Crippen LogP contribution >= 0.6 is 11.3 Å². The van der Waals surface area contributed by atoms with Gasteiger partial charge in [-0.3, -0.25) is 4.79 Å². The number of thiazole rings is 1. The molecule has 0 saturated carbocycles. The van der Waals surface area contributed by atoms with Crippen LogP contribution in [0.5, 0.6) is 11.5 Å². The normalized spacial score (nSPS) is 16.7. The molecular weight excluding hydrogens is 350 g/mol. The highest BCUT2D eigenvalue weighted by atomic mass is 32.1. The number of hydrogen-bond donors (Lipinski definition) is 1. The number of nitrogens with one attached hydrogen (secondary N) is 1. The number of methoxy groups -OCH3 is 2. The summed E-state index contributed by atoms with van der Waals surface area (Å²) in [7, 11) is 5.19. The van der Waals surface area contributed by atoms with Crippen molar-refractivity contribution in [1.82, 2.24) is 15.2 Å². The molecule has 1 atom stereocenters. The maximum Gasteiger partial charge on any atom is 0.228 e. The van der Waals surface area contributed by atoms with Crippen molar-refractivity contribution in [2.24, 2.45) is 5.92 Å². The molecular formula is C19H25N3O3S. The Kier molecular flexibility index (Phi) is 6.11. The van der Waals surface area contributed by atoms with E-state index in [0.717, 1.165) is 42.3 Å². The van der Waals surface area contributed by atoms with Crippen LogP contribution in [-0.2, 0) is 11.2 Å². The first-order valence-corrected chi connectivity index (χ1v) is 9.61. The van der Waals surface area contributed by atoms with E-state index in [1.165, 1.54) is 0 Å². The summed E-state index contributed by atoms with van der Waals surface area (Å²) in [6, 6.07) is 5.73. The molecule has 1 unspecified atom stereocenters. The van der Waals surface area contributed by atoms with Crippen molar-refractivity contribution in [2.45, 2.75) is 12.8 Å². The summed E-state index contributed by atoms with van der Waals surface area (Å²) >= 11 is 1.54. The first-order valence-electron chi connectivity index (χ1n) is 8.73. The molecule has 1 amide bonds. The standard InChI is InChI=1S/C19H25N3O3S/c1-20-10-13-6-7-22(11-13)18(23)9-15-12-26-19(21-15)14-4-5-16(24-2)17(8-14)25-3/h4-5,8,12-13,20H,6-7,9-11H2,1-3H3. The Balaban J connectivity index is 1.66. The van der Waals surface area contributed by atoms with Gasteiger partial charge in [0.05, 0.1) is 26.3 Å². The molecule has 1 fully saturated rings. The van der Waals surface area contributed by atoms with Gasteiger partial charge in [-0.25, -0.2) is 4.98 Å². The molecule has 1 aliphatic heterocycles. The molecule has 3 rings (SSSR count). The van der Waals surface area contributed by atoms with Gasteiger partial charge in [0.1, 0.15) is 5.01 Å². The van der Waals surface area contributed by atoms with Crippen LogP contribution in [0.4, 0.5) is 0 Å². The number of nitrogens with zero attached hydrogens (tertiary/aromatic N) is 2. The number of ether oxygens (including phenoxy) is 2. The second-order valence-electron chi connectivity index (χ2n) is 6.44. The average Bonchev–Trinajstić information content (AvgIpc) is 3.31. The number of benzene rings is 1. The fourth-order valence-electron chi connectivity index (χ4n) is 3.27. The van der Waals surface area contributed by atoms with Gasteiger partial charge in [-0.05, 0) is 44.1 Å². The number of aromatic nitrogens is 1. The average molecular weight is 375 g/mol. The summed E-state index contributed by atoms with van der Waals surface area (Å²) < 4.78 is 10.6. The molecule has 0 radical (unpaired) electrons. The number of rotatable bonds is 7. The molecule has 140 valence electrons. The van der Waals surface area contributed by atoms with Crippen LogP contribution in [-0.4, -0.2) is 56.7 Å². The number of likely N-dealkylation sites (tertiary alicyclic amines) is 1. The van der Waals surface area contributed by atoms with Crippen LogP contribution in [0, 0.1) is 5.92 Å². The fraction of sp³-hybridized carbons (Fsp3) is 0.474. The molecule has 0 bridgehead atoms. The third kappa shape index (κ3) is 4.16. The summed E-state index contributed by atoms with van der Waals surface area (Å²) in [4.78, 5) is 19.1. The Morgan fingerprint density at radius 2 is 2.15 bits per heavy atom. The molecule has 2 heterocycles.